The van der Waals surface area contributed by atoms with Gasteiger partial charge in [-0.05, 0) is 17.7 Å². The Hall–Kier alpha value is -1.89. The summed E-state index contributed by atoms with van der Waals surface area (Å²) in [6.45, 7) is 0.444. The Labute approximate surface area is 106 Å². The number of aromatic nitrogens is 3. The smallest absolute Gasteiger partial charge is 0.273 e. The number of rotatable bonds is 3. The molecule has 7 heteroatoms. The molecule has 4 N–H and O–H groups in total. The van der Waals surface area contributed by atoms with Crippen molar-refractivity contribution in [3.05, 3.63) is 40.0 Å². The van der Waals surface area contributed by atoms with E-state index in [1.165, 1.54) is 4.68 Å². The van der Waals surface area contributed by atoms with Crippen LogP contribution in [0.15, 0.2) is 28.7 Å². The van der Waals surface area contributed by atoms with Gasteiger partial charge in [-0.2, -0.15) is 0 Å². The molecule has 0 aliphatic carbocycles. The Bertz CT molecular complexity index is 548. The van der Waals surface area contributed by atoms with E-state index in [-0.39, 0.29) is 11.5 Å². The van der Waals surface area contributed by atoms with Crippen LogP contribution in [0.1, 0.15) is 16.1 Å². The van der Waals surface area contributed by atoms with Crippen molar-refractivity contribution in [1.29, 1.82) is 0 Å². The number of primary amides is 1. The Morgan fingerprint density at radius 2 is 2.00 bits per heavy atom. The fourth-order valence-corrected chi connectivity index (χ4v) is 1.64. The first-order valence-electron chi connectivity index (χ1n) is 4.81. The number of nitrogens with zero attached hydrogens (tertiary/aromatic N) is 3. The van der Waals surface area contributed by atoms with Crippen molar-refractivity contribution in [2.24, 2.45) is 5.73 Å². The summed E-state index contributed by atoms with van der Waals surface area (Å²) < 4.78 is 2.43. The van der Waals surface area contributed by atoms with E-state index in [0.717, 1.165) is 10.0 Å². The van der Waals surface area contributed by atoms with E-state index < -0.39 is 5.91 Å². The van der Waals surface area contributed by atoms with Gasteiger partial charge in [-0.1, -0.05) is 33.3 Å². The predicted molar refractivity (Wildman–Crippen MR) is 66.2 cm³/mol. The van der Waals surface area contributed by atoms with Crippen molar-refractivity contribution in [2.75, 3.05) is 5.73 Å². The number of amides is 1. The third-order valence-electron chi connectivity index (χ3n) is 2.25. The molecule has 0 fully saturated rings. The number of nitrogens with two attached hydrogens (primary N) is 2. The van der Waals surface area contributed by atoms with Gasteiger partial charge in [0.05, 0.1) is 6.54 Å². The topological polar surface area (TPSA) is 99.8 Å². The lowest BCUT2D eigenvalue weighted by Gasteiger charge is -2.03. The van der Waals surface area contributed by atoms with E-state index in [2.05, 4.69) is 26.2 Å². The average Bonchev–Trinajstić information content (AvgIpc) is 2.64. The Balaban J connectivity index is 2.24. The quantitative estimate of drug-likeness (QED) is 0.873. The van der Waals surface area contributed by atoms with E-state index >= 15 is 0 Å². The van der Waals surface area contributed by atoms with Gasteiger partial charge in [0.1, 0.15) is 0 Å². The summed E-state index contributed by atoms with van der Waals surface area (Å²) in [5, 5.41) is 7.42. The molecule has 1 heterocycles. The van der Waals surface area contributed by atoms with Crippen LogP contribution in [0.25, 0.3) is 0 Å². The van der Waals surface area contributed by atoms with Crippen LogP contribution in [0, 0.1) is 0 Å². The molecule has 17 heavy (non-hydrogen) atoms. The van der Waals surface area contributed by atoms with Crippen LogP contribution in [0.2, 0.25) is 0 Å². The number of carbonyl (C=O) groups is 1. The Morgan fingerprint density at radius 1 is 1.35 bits per heavy atom. The highest BCUT2D eigenvalue weighted by atomic mass is 79.9. The molecule has 0 atom stereocenters. The lowest BCUT2D eigenvalue weighted by Crippen LogP contribution is -2.14. The first kappa shape index (κ1) is 11.6. The van der Waals surface area contributed by atoms with Gasteiger partial charge in [-0.15, -0.1) is 5.10 Å². The van der Waals surface area contributed by atoms with Gasteiger partial charge in [0.15, 0.2) is 11.5 Å². The maximum absolute atomic E-state index is 11.0. The summed E-state index contributed by atoms with van der Waals surface area (Å²) in [6.07, 6.45) is 0. The summed E-state index contributed by atoms with van der Waals surface area (Å²) in [6, 6.07) is 7.68. The normalized spacial score (nSPS) is 10.4. The number of hydrogen-bond acceptors (Lipinski definition) is 4. The maximum Gasteiger partial charge on any atom is 0.273 e. The largest absolute Gasteiger partial charge is 0.382 e. The second-order valence-electron chi connectivity index (χ2n) is 3.47. The zero-order valence-corrected chi connectivity index (χ0v) is 10.4. The van der Waals surface area contributed by atoms with Gasteiger partial charge in [0.25, 0.3) is 5.91 Å². The number of anilines is 1. The van der Waals surface area contributed by atoms with E-state index in [1.807, 2.05) is 24.3 Å². The number of hydrogen-bond donors (Lipinski definition) is 2. The lowest BCUT2D eigenvalue weighted by molar-refractivity contribution is 0.0996. The van der Waals surface area contributed by atoms with Crippen LogP contribution < -0.4 is 11.5 Å². The highest BCUT2D eigenvalue weighted by Crippen LogP contribution is 2.13. The van der Waals surface area contributed by atoms with Gasteiger partial charge in [0.2, 0.25) is 0 Å². The summed E-state index contributed by atoms with van der Waals surface area (Å²) in [4.78, 5) is 11.0. The van der Waals surface area contributed by atoms with Crippen LogP contribution in [0.4, 0.5) is 5.82 Å². The third kappa shape index (κ3) is 2.44. The number of nitrogen functional groups attached to an aromatic ring is 1. The number of carbonyl (C=O) groups excluding carboxylic acids is 1. The van der Waals surface area contributed by atoms with Crippen molar-refractivity contribution in [1.82, 2.24) is 15.0 Å². The summed E-state index contributed by atoms with van der Waals surface area (Å²) in [5.41, 5.74) is 11.8. The van der Waals surface area contributed by atoms with Gasteiger partial charge < -0.3 is 11.5 Å². The third-order valence-corrected chi connectivity index (χ3v) is 2.78. The summed E-state index contributed by atoms with van der Waals surface area (Å²) in [5.74, 6) is -0.495. The van der Waals surface area contributed by atoms with E-state index in [9.17, 15) is 4.79 Å². The fraction of sp³-hybridized carbons (Fsp3) is 0.100. The van der Waals surface area contributed by atoms with Crippen molar-refractivity contribution in [2.45, 2.75) is 6.54 Å². The lowest BCUT2D eigenvalue weighted by atomic mass is 10.2. The zero-order chi connectivity index (χ0) is 12.4. The molecule has 0 aliphatic heterocycles. The first-order valence-corrected chi connectivity index (χ1v) is 5.60. The summed E-state index contributed by atoms with van der Waals surface area (Å²) >= 11 is 3.35. The number of benzene rings is 1. The van der Waals surface area contributed by atoms with Gasteiger partial charge in [0, 0.05) is 4.47 Å². The van der Waals surface area contributed by atoms with Crippen LogP contribution >= 0.6 is 15.9 Å². The van der Waals surface area contributed by atoms with Crippen molar-refractivity contribution in [3.63, 3.8) is 0 Å². The molecule has 0 bridgehead atoms. The van der Waals surface area contributed by atoms with Crippen LogP contribution in [-0.4, -0.2) is 20.9 Å². The van der Waals surface area contributed by atoms with E-state index in [1.54, 1.807) is 0 Å². The molecule has 2 rings (SSSR count). The Morgan fingerprint density at radius 3 is 2.53 bits per heavy atom. The van der Waals surface area contributed by atoms with Gasteiger partial charge >= 0.3 is 0 Å². The number of halogens is 1. The van der Waals surface area contributed by atoms with E-state index in [4.69, 9.17) is 11.5 Å². The van der Waals surface area contributed by atoms with Gasteiger partial charge in [-0.3, -0.25) is 4.79 Å². The minimum Gasteiger partial charge on any atom is -0.382 e. The average molecular weight is 296 g/mol. The SMILES string of the molecule is NC(=O)c1nnn(Cc2ccc(Br)cc2)c1N. The van der Waals surface area contributed by atoms with Crippen molar-refractivity contribution < 1.29 is 4.79 Å². The highest BCUT2D eigenvalue weighted by Gasteiger charge is 2.14. The predicted octanol–water partition coefficient (Wildman–Crippen LogP) is 0.770. The summed E-state index contributed by atoms with van der Waals surface area (Å²) in [7, 11) is 0. The molecular weight excluding hydrogens is 286 g/mol. The molecule has 88 valence electrons. The molecule has 1 aromatic heterocycles. The van der Waals surface area contributed by atoms with Crippen LogP contribution in [-0.2, 0) is 6.54 Å². The maximum atomic E-state index is 11.0. The first-order chi connectivity index (χ1) is 8.08. The second kappa shape index (κ2) is 4.54. The molecule has 0 unspecified atom stereocenters. The van der Waals surface area contributed by atoms with E-state index in [0.29, 0.717) is 6.54 Å². The molecule has 0 saturated heterocycles. The molecular formula is C10H10BrN5O. The molecule has 6 nitrogen and oxygen atoms in total. The molecule has 1 amide bonds. The highest BCUT2D eigenvalue weighted by molar-refractivity contribution is 9.10. The molecule has 1 aromatic carbocycles. The van der Waals surface area contributed by atoms with Crippen LogP contribution in [0.5, 0.6) is 0 Å². The zero-order valence-electron chi connectivity index (χ0n) is 8.80. The standard InChI is InChI=1S/C10H10BrN5O/c11-7-3-1-6(2-4-7)5-16-9(12)8(10(13)17)14-15-16/h1-4H,5,12H2,(H2,13,17). The molecule has 2 aromatic rings. The molecule has 0 radical (unpaired) electrons. The van der Waals surface area contributed by atoms with Gasteiger partial charge in [-0.25, -0.2) is 4.68 Å². The van der Waals surface area contributed by atoms with Crippen molar-refractivity contribution >= 4 is 27.7 Å². The Kier molecular flexibility index (Phi) is 3.10. The monoisotopic (exact) mass is 295 g/mol. The minimum absolute atomic E-state index is 0.00196. The fourth-order valence-electron chi connectivity index (χ4n) is 1.38. The molecule has 0 saturated carbocycles. The minimum atomic E-state index is -0.676. The van der Waals surface area contributed by atoms with Crippen molar-refractivity contribution in [3.8, 4) is 0 Å². The van der Waals surface area contributed by atoms with Crippen LogP contribution in [0.3, 0.4) is 0 Å². The molecule has 0 aliphatic rings. The molecule has 0 spiro atoms. The second-order valence-corrected chi connectivity index (χ2v) is 4.39.